The van der Waals surface area contributed by atoms with E-state index in [9.17, 15) is 4.79 Å². The minimum Gasteiger partial charge on any atom is -0.351 e. The van der Waals surface area contributed by atoms with Gasteiger partial charge in [0.2, 0.25) is 0 Å². The lowest BCUT2D eigenvalue weighted by molar-refractivity contribution is 0.0936. The molecule has 1 aromatic carbocycles. The molecule has 1 N–H and O–H groups in total. The van der Waals surface area contributed by atoms with Crippen molar-refractivity contribution < 1.29 is 4.79 Å². The molecule has 0 unspecified atom stereocenters. The maximum Gasteiger partial charge on any atom is 0.252 e. The third kappa shape index (κ3) is 4.45. The Morgan fingerprint density at radius 1 is 1.39 bits per heavy atom. The van der Waals surface area contributed by atoms with Crippen molar-refractivity contribution in [2.75, 3.05) is 11.9 Å². The molecule has 0 heterocycles. The Labute approximate surface area is 126 Å². The summed E-state index contributed by atoms with van der Waals surface area (Å²) in [4.78, 5) is 12.0. The summed E-state index contributed by atoms with van der Waals surface area (Å²) in [7, 11) is 0. The molecule has 0 saturated heterocycles. The Balaban J connectivity index is 2.69. The summed E-state index contributed by atoms with van der Waals surface area (Å²) in [6, 6.07) is 5.04. The van der Waals surface area contributed by atoms with Gasteiger partial charge >= 0.3 is 0 Å². The summed E-state index contributed by atoms with van der Waals surface area (Å²) in [5, 5.41) is 4.49. The van der Waals surface area contributed by atoms with Gasteiger partial charge in [-0.2, -0.15) is 0 Å². The smallest absolute Gasteiger partial charge is 0.252 e. The minimum absolute atomic E-state index is 0.0458. The normalized spacial score (nSPS) is 11.4. The maximum absolute atomic E-state index is 12.0. The number of hydrogen-bond acceptors (Lipinski definition) is 1. The predicted octanol–water partition coefficient (Wildman–Crippen LogP) is 4.53. The monoisotopic (exact) mass is 351 g/mol. The number of amides is 1. The highest BCUT2D eigenvalue weighted by Gasteiger charge is 2.19. The zero-order chi connectivity index (χ0) is 13.8. The summed E-state index contributed by atoms with van der Waals surface area (Å²) in [5.41, 5.74) is 0.461. The first kappa shape index (κ1) is 15.8. The van der Waals surface area contributed by atoms with E-state index < -0.39 is 0 Å². The lowest BCUT2D eigenvalue weighted by atomic mass is 9.90. The molecule has 2 nitrogen and oxygen atoms in total. The predicted molar refractivity (Wildman–Crippen MR) is 81.0 cm³/mol. The standard InChI is InChI=1S/C13H16BrCl2NO/c1-13(2,6-7-14)8-17-12(18)9-4-3-5-10(15)11(9)16/h3-5H,6-8H2,1-2H3,(H,17,18). The van der Waals surface area contributed by atoms with E-state index in [1.54, 1.807) is 18.2 Å². The quantitative estimate of drug-likeness (QED) is 0.774. The van der Waals surface area contributed by atoms with Crippen molar-refractivity contribution in [1.29, 1.82) is 0 Å². The average Bonchev–Trinajstić information content (AvgIpc) is 2.30. The zero-order valence-electron chi connectivity index (χ0n) is 10.4. The molecule has 0 radical (unpaired) electrons. The van der Waals surface area contributed by atoms with Gasteiger partial charge in [-0.1, -0.05) is 59.0 Å². The van der Waals surface area contributed by atoms with Crippen molar-refractivity contribution >= 4 is 45.0 Å². The fourth-order valence-electron chi connectivity index (χ4n) is 1.44. The minimum atomic E-state index is -0.190. The molecule has 100 valence electrons. The highest BCUT2D eigenvalue weighted by atomic mass is 79.9. The molecule has 0 bridgehead atoms. The van der Waals surface area contributed by atoms with Gasteiger partial charge < -0.3 is 5.32 Å². The Hall–Kier alpha value is -0.250. The Morgan fingerprint density at radius 3 is 2.67 bits per heavy atom. The number of nitrogens with one attached hydrogen (secondary N) is 1. The molecule has 1 aromatic rings. The van der Waals surface area contributed by atoms with Crippen molar-refractivity contribution in [2.45, 2.75) is 20.3 Å². The van der Waals surface area contributed by atoms with Crippen LogP contribution in [-0.4, -0.2) is 17.8 Å². The Morgan fingerprint density at radius 2 is 2.06 bits per heavy atom. The summed E-state index contributed by atoms with van der Waals surface area (Å²) < 4.78 is 0. The van der Waals surface area contributed by atoms with Gasteiger partial charge in [-0.3, -0.25) is 4.79 Å². The van der Waals surface area contributed by atoms with Crippen LogP contribution in [0, 0.1) is 5.41 Å². The molecular formula is C13H16BrCl2NO. The van der Waals surface area contributed by atoms with Crippen molar-refractivity contribution in [3.05, 3.63) is 33.8 Å². The fourth-order valence-corrected chi connectivity index (χ4v) is 2.90. The van der Waals surface area contributed by atoms with E-state index in [1.165, 1.54) is 0 Å². The molecule has 1 rings (SSSR count). The van der Waals surface area contributed by atoms with Crippen molar-refractivity contribution in [2.24, 2.45) is 5.41 Å². The molecule has 5 heteroatoms. The summed E-state index contributed by atoms with van der Waals surface area (Å²) in [5.74, 6) is -0.190. The molecule has 0 aromatic heterocycles. The molecule has 0 aliphatic rings. The zero-order valence-corrected chi connectivity index (χ0v) is 13.5. The van der Waals surface area contributed by atoms with Gasteiger partial charge in [0.1, 0.15) is 0 Å². The third-order valence-electron chi connectivity index (χ3n) is 2.69. The van der Waals surface area contributed by atoms with Crippen molar-refractivity contribution in [3.8, 4) is 0 Å². The van der Waals surface area contributed by atoms with Crippen LogP contribution in [-0.2, 0) is 0 Å². The Bertz CT molecular complexity index is 435. The number of hydrogen-bond donors (Lipinski definition) is 1. The second-order valence-electron chi connectivity index (χ2n) is 4.89. The lowest BCUT2D eigenvalue weighted by Crippen LogP contribution is -2.34. The van der Waals surface area contributed by atoms with E-state index in [-0.39, 0.29) is 11.3 Å². The number of alkyl halides is 1. The fraction of sp³-hybridized carbons (Fsp3) is 0.462. The van der Waals surface area contributed by atoms with Crippen LogP contribution >= 0.6 is 39.1 Å². The van der Waals surface area contributed by atoms with Crippen LogP contribution in [0.4, 0.5) is 0 Å². The van der Waals surface area contributed by atoms with Gasteiger partial charge in [-0.15, -0.1) is 0 Å². The van der Waals surface area contributed by atoms with E-state index >= 15 is 0 Å². The first-order valence-corrected chi connectivity index (χ1v) is 7.53. The van der Waals surface area contributed by atoms with Crippen LogP contribution in [0.1, 0.15) is 30.6 Å². The SMILES string of the molecule is CC(C)(CCBr)CNC(=O)c1cccc(Cl)c1Cl. The molecule has 0 fully saturated rings. The topological polar surface area (TPSA) is 29.1 Å². The van der Waals surface area contributed by atoms with Crippen molar-refractivity contribution in [3.63, 3.8) is 0 Å². The highest BCUT2D eigenvalue weighted by molar-refractivity contribution is 9.09. The van der Waals surface area contributed by atoms with Gasteiger partial charge in [0.05, 0.1) is 15.6 Å². The maximum atomic E-state index is 12.0. The summed E-state index contributed by atoms with van der Waals surface area (Å²) in [6.07, 6.45) is 0.983. The van der Waals surface area contributed by atoms with Crippen LogP contribution in [0.3, 0.4) is 0 Å². The van der Waals surface area contributed by atoms with E-state index in [0.29, 0.717) is 22.2 Å². The van der Waals surface area contributed by atoms with E-state index in [0.717, 1.165) is 11.8 Å². The molecule has 0 spiro atoms. The lowest BCUT2D eigenvalue weighted by Gasteiger charge is -2.24. The summed E-state index contributed by atoms with van der Waals surface area (Å²) >= 11 is 15.3. The molecule has 18 heavy (non-hydrogen) atoms. The van der Waals surface area contributed by atoms with Gasteiger partial charge in [0.25, 0.3) is 5.91 Å². The molecular weight excluding hydrogens is 337 g/mol. The van der Waals surface area contributed by atoms with Crippen LogP contribution in [0.15, 0.2) is 18.2 Å². The molecule has 0 atom stereocenters. The number of carbonyl (C=O) groups excluding carboxylic acids is 1. The van der Waals surface area contributed by atoms with Gasteiger partial charge in [-0.05, 0) is 24.0 Å². The molecule has 0 saturated carbocycles. The number of benzene rings is 1. The molecule has 0 aliphatic carbocycles. The van der Waals surface area contributed by atoms with Crippen molar-refractivity contribution in [1.82, 2.24) is 5.32 Å². The average molecular weight is 353 g/mol. The van der Waals surface area contributed by atoms with Crippen LogP contribution < -0.4 is 5.32 Å². The van der Waals surface area contributed by atoms with Crippen LogP contribution in [0.2, 0.25) is 10.0 Å². The highest BCUT2D eigenvalue weighted by Crippen LogP contribution is 2.26. The van der Waals surface area contributed by atoms with Gasteiger partial charge in [0.15, 0.2) is 0 Å². The second kappa shape index (κ2) is 6.78. The largest absolute Gasteiger partial charge is 0.351 e. The second-order valence-corrected chi connectivity index (χ2v) is 6.47. The first-order valence-electron chi connectivity index (χ1n) is 5.65. The number of carbonyl (C=O) groups is 1. The summed E-state index contributed by atoms with van der Waals surface area (Å²) in [6.45, 7) is 4.81. The van der Waals surface area contributed by atoms with E-state index in [1.807, 2.05) is 0 Å². The van der Waals surface area contributed by atoms with E-state index in [2.05, 4.69) is 35.1 Å². The van der Waals surface area contributed by atoms with Gasteiger partial charge in [0, 0.05) is 11.9 Å². The molecule has 0 aliphatic heterocycles. The van der Waals surface area contributed by atoms with Crippen LogP contribution in [0.5, 0.6) is 0 Å². The van der Waals surface area contributed by atoms with E-state index in [4.69, 9.17) is 23.2 Å². The van der Waals surface area contributed by atoms with Crippen LogP contribution in [0.25, 0.3) is 0 Å². The number of rotatable bonds is 5. The molecule has 1 amide bonds. The first-order chi connectivity index (χ1) is 8.37. The Kier molecular flexibility index (Phi) is 5.96. The third-order valence-corrected chi connectivity index (χ3v) is 3.91. The van der Waals surface area contributed by atoms with Gasteiger partial charge in [-0.25, -0.2) is 0 Å². The number of halogens is 3.